The minimum Gasteiger partial charge on any atom is -0.383 e. The van der Waals surface area contributed by atoms with Gasteiger partial charge in [0, 0.05) is 22.0 Å². The molecule has 0 radical (unpaired) electrons. The molecule has 1 aromatic heterocycles. The number of benzene rings is 11. The summed E-state index contributed by atoms with van der Waals surface area (Å²) in [5.41, 5.74) is 21.5. The van der Waals surface area contributed by atoms with Crippen LogP contribution in [0.4, 0.5) is 0 Å². The molecule has 12 aromatic rings. The van der Waals surface area contributed by atoms with E-state index < -0.39 is 0 Å². The van der Waals surface area contributed by atoms with Crippen LogP contribution in [0.25, 0.3) is 98.9 Å². The number of aromatic nitrogens is 1. The fourth-order valence-corrected chi connectivity index (χ4v) is 10.1. The number of hydrogen-bond donors (Lipinski definition) is 1. The van der Waals surface area contributed by atoms with E-state index in [9.17, 15) is 0 Å². The Labute approximate surface area is 390 Å². The summed E-state index contributed by atoms with van der Waals surface area (Å²) in [6, 6.07) is 86.9. The quantitative estimate of drug-likeness (QED) is 0.0668. The summed E-state index contributed by atoms with van der Waals surface area (Å²) < 4.78 is 2.36. The van der Waals surface area contributed by atoms with E-state index in [0.717, 1.165) is 28.1 Å². The third kappa shape index (κ3) is 7.24. The highest BCUT2D eigenvalue weighted by atomic mass is 15.0. The predicted octanol–water partition coefficient (Wildman–Crippen LogP) is 16.2. The Kier molecular flexibility index (Phi) is 10.1. The van der Waals surface area contributed by atoms with Gasteiger partial charge in [0.2, 0.25) is 0 Å². The minimum atomic E-state index is 0.482. The zero-order valence-electron chi connectivity index (χ0n) is 36.9. The van der Waals surface area contributed by atoms with Crippen LogP contribution >= 0.6 is 0 Å². The lowest BCUT2D eigenvalue weighted by Gasteiger charge is -2.19. The van der Waals surface area contributed by atoms with Crippen LogP contribution in [-0.2, 0) is 6.42 Å². The van der Waals surface area contributed by atoms with Crippen LogP contribution in [0.3, 0.4) is 0 Å². The van der Waals surface area contributed by atoms with E-state index in [2.05, 4.69) is 223 Å². The van der Waals surface area contributed by atoms with Gasteiger partial charge in [-0.25, -0.2) is 4.99 Å². The summed E-state index contributed by atoms with van der Waals surface area (Å²) in [7, 11) is 0. The molecule has 0 unspecified atom stereocenters. The number of amidine groups is 1. The molecule has 0 saturated carbocycles. The average Bonchev–Trinajstić information content (AvgIpc) is 3.73. The van der Waals surface area contributed by atoms with Crippen LogP contribution in [0.2, 0.25) is 0 Å². The molecule has 0 atom stereocenters. The molecule has 0 aliphatic rings. The Balaban J connectivity index is 0.922. The molecule has 0 fully saturated rings. The van der Waals surface area contributed by atoms with Gasteiger partial charge in [-0.15, -0.1) is 0 Å². The van der Waals surface area contributed by atoms with Gasteiger partial charge in [0.05, 0.1) is 16.7 Å². The second-order valence-electron chi connectivity index (χ2n) is 17.2. The van der Waals surface area contributed by atoms with Crippen molar-refractivity contribution in [2.75, 3.05) is 0 Å². The van der Waals surface area contributed by atoms with Gasteiger partial charge in [0.25, 0.3) is 0 Å². The van der Waals surface area contributed by atoms with E-state index in [1.165, 1.54) is 87.5 Å². The van der Waals surface area contributed by atoms with Crippen molar-refractivity contribution in [1.29, 1.82) is 0 Å². The van der Waals surface area contributed by atoms with Crippen LogP contribution in [0.5, 0.6) is 0 Å². The molecule has 0 amide bonds. The standard InChI is InChI=1S/C64H45N3/c65-64(49-19-6-2-7-20-49)66-58(40-30-43-28-31-44(32-29-43)50-38-41-60-57(42-50)53-24-14-15-27-59(53)67(60)51-21-8-3-9-22-51)46-33-35-48(36-34-46)62-55-26-13-12-25-54(55)61(47-17-4-1-5-18-47)56-39-37-45-16-10-11-23-52(45)63(56)62/h1-29,31-42H,30H2,(H2,65,66)/b58-40-. The number of para-hydroxylation sites is 2. The number of hydrogen-bond acceptors (Lipinski definition) is 1. The summed E-state index contributed by atoms with van der Waals surface area (Å²) in [4.78, 5) is 5.12. The third-order valence-corrected chi connectivity index (χ3v) is 13.3. The van der Waals surface area contributed by atoms with Crippen molar-refractivity contribution in [3.8, 4) is 39.1 Å². The molecule has 0 bridgehead atoms. The largest absolute Gasteiger partial charge is 0.383 e. The first-order chi connectivity index (χ1) is 33.2. The maximum absolute atomic E-state index is 6.76. The van der Waals surface area contributed by atoms with E-state index in [1.54, 1.807) is 0 Å². The fraction of sp³-hybridized carbons (Fsp3) is 0.0156. The molecule has 0 aliphatic heterocycles. The lowest BCUT2D eigenvalue weighted by molar-refractivity contribution is 1.18. The molecular weight excluding hydrogens is 811 g/mol. The van der Waals surface area contributed by atoms with Crippen molar-refractivity contribution in [1.82, 2.24) is 4.57 Å². The average molecular weight is 856 g/mol. The Bertz CT molecular complexity index is 3850. The van der Waals surface area contributed by atoms with Gasteiger partial charge in [-0.2, -0.15) is 0 Å². The van der Waals surface area contributed by atoms with Crippen molar-refractivity contribution in [2.24, 2.45) is 10.7 Å². The summed E-state index contributed by atoms with van der Waals surface area (Å²) in [5.74, 6) is 0.482. The molecule has 0 saturated heterocycles. The van der Waals surface area contributed by atoms with Crippen molar-refractivity contribution >= 4 is 65.7 Å². The Morgan fingerprint density at radius 2 is 0.970 bits per heavy atom. The second-order valence-corrected chi connectivity index (χ2v) is 17.2. The van der Waals surface area contributed by atoms with Gasteiger partial charge >= 0.3 is 0 Å². The van der Waals surface area contributed by atoms with Crippen LogP contribution in [0, 0.1) is 0 Å². The Morgan fingerprint density at radius 1 is 0.403 bits per heavy atom. The molecule has 0 aliphatic carbocycles. The maximum Gasteiger partial charge on any atom is 0.131 e. The summed E-state index contributed by atoms with van der Waals surface area (Å²) >= 11 is 0. The molecular formula is C64H45N3. The minimum absolute atomic E-state index is 0.482. The molecule has 67 heavy (non-hydrogen) atoms. The van der Waals surface area contributed by atoms with Gasteiger partial charge in [-0.05, 0) is 114 Å². The van der Waals surface area contributed by atoms with Crippen molar-refractivity contribution in [3.63, 3.8) is 0 Å². The van der Waals surface area contributed by atoms with Gasteiger partial charge in [0.1, 0.15) is 5.84 Å². The van der Waals surface area contributed by atoms with E-state index in [0.29, 0.717) is 12.3 Å². The zero-order chi connectivity index (χ0) is 44.7. The first kappa shape index (κ1) is 39.8. The number of nitrogens with zero attached hydrogens (tertiary/aromatic N) is 2. The van der Waals surface area contributed by atoms with Crippen LogP contribution in [0.15, 0.2) is 254 Å². The summed E-state index contributed by atoms with van der Waals surface area (Å²) in [5, 5.41) is 9.91. The third-order valence-electron chi connectivity index (χ3n) is 13.3. The molecule has 11 aromatic carbocycles. The van der Waals surface area contributed by atoms with E-state index >= 15 is 0 Å². The normalized spacial score (nSPS) is 12.2. The number of rotatable bonds is 9. The molecule has 3 heteroatoms. The summed E-state index contributed by atoms with van der Waals surface area (Å²) in [6.07, 6.45) is 2.89. The molecule has 1 heterocycles. The number of aliphatic imine (C=N–C) groups is 1. The highest BCUT2D eigenvalue weighted by molar-refractivity contribution is 6.28. The highest BCUT2D eigenvalue weighted by Gasteiger charge is 2.19. The number of allylic oxidation sites excluding steroid dienone is 1. The fourth-order valence-electron chi connectivity index (χ4n) is 10.1. The van der Waals surface area contributed by atoms with Gasteiger partial charge in [-0.3, -0.25) is 0 Å². The first-order valence-electron chi connectivity index (χ1n) is 23.0. The van der Waals surface area contributed by atoms with Gasteiger partial charge < -0.3 is 10.3 Å². The Hall–Kier alpha value is -8.79. The van der Waals surface area contributed by atoms with Crippen LogP contribution in [-0.4, -0.2) is 10.4 Å². The smallest absolute Gasteiger partial charge is 0.131 e. The molecule has 12 rings (SSSR count). The molecule has 316 valence electrons. The predicted molar refractivity (Wildman–Crippen MR) is 285 cm³/mol. The van der Waals surface area contributed by atoms with Gasteiger partial charge in [0.15, 0.2) is 0 Å². The molecule has 2 N–H and O–H groups in total. The summed E-state index contributed by atoms with van der Waals surface area (Å²) in [6.45, 7) is 0. The topological polar surface area (TPSA) is 43.3 Å². The van der Waals surface area contributed by atoms with E-state index in [4.69, 9.17) is 10.7 Å². The SMILES string of the molecule is NC(=N/C(=C\Cc1ccc(-c2ccc3c(c2)c2ccccc2n3-c2ccccc2)cc1)c1ccc(-c2c3ccccc3c(-c3ccccc3)c3ccc4ccccc4c23)cc1)c1ccccc1. The number of nitrogens with two attached hydrogens (primary N) is 1. The van der Waals surface area contributed by atoms with Crippen molar-refractivity contribution < 1.29 is 0 Å². The molecule has 3 nitrogen and oxygen atoms in total. The zero-order valence-corrected chi connectivity index (χ0v) is 36.9. The maximum atomic E-state index is 6.76. The monoisotopic (exact) mass is 855 g/mol. The lowest BCUT2D eigenvalue weighted by Crippen LogP contribution is -2.13. The molecule has 0 spiro atoms. The first-order valence-corrected chi connectivity index (χ1v) is 23.0. The van der Waals surface area contributed by atoms with Crippen molar-refractivity contribution in [3.05, 3.63) is 265 Å². The van der Waals surface area contributed by atoms with Gasteiger partial charge in [-0.1, -0.05) is 218 Å². The highest BCUT2D eigenvalue weighted by Crippen LogP contribution is 2.46. The number of fused-ring (bicyclic) bond motifs is 7. The van der Waals surface area contributed by atoms with Crippen molar-refractivity contribution in [2.45, 2.75) is 6.42 Å². The van der Waals surface area contributed by atoms with Crippen LogP contribution in [0.1, 0.15) is 16.7 Å². The van der Waals surface area contributed by atoms with E-state index in [-0.39, 0.29) is 0 Å². The Morgan fingerprint density at radius 3 is 1.72 bits per heavy atom. The van der Waals surface area contributed by atoms with E-state index in [1.807, 2.05) is 30.3 Å². The lowest BCUT2D eigenvalue weighted by atomic mass is 9.84. The second kappa shape index (κ2) is 17.0. The van der Waals surface area contributed by atoms with Crippen LogP contribution < -0.4 is 5.73 Å².